The first kappa shape index (κ1) is 12.0. The quantitative estimate of drug-likeness (QED) is 0.860. The average Bonchev–Trinajstić information content (AvgIpc) is 2.18. The van der Waals surface area contributed by atoms with Crippen molar-refractivity contribution in [1.29, 1.82) is 0 Å². The summed E-state index contributed by atoms with van der Waals surface area (Å²) in [6.45, 7) is 1.93. The predicted molar refractivity (Wildman–Crippen MR) is 58.3 cm³/mol. The van der Waals surface area contributed by atoms with Gasteiger partial charge in [-0.05, 0) is 18.6 Å². The second kappa shape index (κ2) is 5.14. The lowest BCUT2D eigenvalue weighted by molar-refractivity contribution is -0.148. The van der Waals surface area contributed by atoms with Gasteiger partial charge >= 0.3 is 5.97 Å². The monoisotopic (exact) mass is 228 g/mol. The Morgan fingerprint density at radius 2 is 2.27 bits per heavy atom. The topological polar surface area (TPSA) is 46.5 Å². The van der Waals surface area contributed by atoms with Crippen molar-refractivity contribution in [2.45, 2.75) is 19.4 Å². The van der Waals surface area contributed by atoms with Crippen LogP contribution in [0.15, 0.2) is 18.2 Å². The summed E-state index contributed by atoms with van der Waals surface area (Å²) < 4.78 is 4.85. The van der Waals surface area contributed by atoms with E-state index in [1.54, 1.807) is 6.07 Å². The van der Waals surface area contributed by atoms with Crippen molar-refractivity contribution in [3.05, 3.63) is 34.3 Å². The van der Waals surface area contributed by atoms with Crippen molar-refractivity contribution in [3.8, 4) is 0 Å². The average molecular weight is 229 g/mol. The highest BCUT2D eigenvalue weighted by Crippen LogP contribution is 2.19. The molecule has 0 bridgehead atoms. The lowest BCUT2D eigenvalue weighted by Gasteiger charge is -2.11. The van der Waals surface area contributed by atoms with Gasteiger partial charge in [-0.3, -0.25) is 0 Å². The van der Waals surface area contributed by atoms with E-state index in [-0.39, 0.29) is 6.42 Å². The summed E-state index contributed by atoms with van der Waals surface area (Å²) in [5.41, 5.74) is 1.85. The highest BCUT2D eigenvalue weighted by Gasteiger charge is 2.18. The minimum absolute atomic E-state index is 0.284. The van der Waals surface area contributed by atoms with Gasteiger partial charge in [0.25, 0.3) is 0 Å². The zero-order valence-electron chi connectivity index (χ0n) is 8.66. The Kier molecular flexibility index (Phi) is 4.12. The molecule has 0 amide bonds. The van der Waals surface area contributed by atoms with Crippen LogP contribution in [-0.4, -0.2) is 24.3 Å². The minimum atomic E-state index is -0.977. The molecule has 0 spiro atoms. The number of aryl methyl sites for hydroxylation is 1. The molecule has 1 aromatic rings. The molecule has 1 aromatic carbocycles. The number of carbonyl (C=O) groups is 1. The van der Waals surface area contributed by atoms with E-state index >= 15 is 0 Å². The Hall–Kier alpha value is -1.06. The van der Waals surface area contributed by atoms with E-state index in [9.17, 15) is 4.79 Å². The molecule has 4 heteroatoms. The van der Waals surface area contributed by atoms with Crippen molar-refractivity contribution in [2.24, 2.45) is 0 Å². The maximum Gasteiger partial charge on any atom is 0.333 e. The van der Waals surface area contributed by atoms with Crippen LogP contribution in [0.4, 0.5) is 0 Å². The predicted octanol–water partition coefficient (Wildman–Crippen LogP) is 2.29. The third-order valence-corrected chi connectivity index (χ3v) is 2.54. The zero-order valence-corrected chi connectivity index (χ0v) is 9.41. The van der Waals surface area contributed by atoms with Gasteiger partial charge in [-0.15, -0.1) is 0 Å². The number of hydrogen-bond acceptors (Lipinski definition) is 2. The van der Waals surface area contributed by atoms with Crippen LogP contribution in [0.3, 0.4) is 0 Å². The molecule has 1 unspecified atom stereocenters. The Morgan fingerprint density at radius 1 is 1.60 bits per heavy atom. The summed E-state index contributed by atoms with van der Waals surface area (Å²) in [6.07, 6.45) is -0.559. The molecule has 0 fully saturated rings. The Balaban J connectivity index is 2.87. The van der Waals surface area contributed by atoms with Gasteiger partial charge in [-0.2, -0.15) is 0 Å². The molecule has 15 heavy (non-hydrogen) atoms. The van der Waals surface area contributed by atoms with Gasteiger partial charge in [0.1, 0.15) is 0 Å². The molecule has 0 aliphatic carbocycles. The van der Waals surface area contributed by atoms with Crippen molar-refractivity contribution in [2.75, 3.05) is 7.11 Å². The zero-order chi connectivity index (χ0) is 11.4. The number of halogens is 1. The Labute approximate surface area is 93.6 Å². The number of carboxylic acids is 1. The fourth-order valence-electron chi connectivity index (χ4n) is 1.33. The van der Waals surface area contributed by atoms with E-state index in [4.69, 9.17) is 21.4 Å². The first-order chi connectivity index (χ1) is 7.04. The summed E-state index contributed by atoms with van der Waals surface area (Å²) in [7, 11) is 1.38. The second-order valence-electron chi connectivity index (χ2n) is 3.36. The molecule has 0 radical (unpaired) electrons. The van der Waals surface area contributed by atoms with E-state index in [2.05, 4.69) is 0 Å². The summed E-state index contributed by atoms with van der Waals surface area (Å²) >= 11 is 5.95. The second-order valence-corrected chi connectivity index (χ2v) is 3.77. The first-order valence-electron chi connectivity index (χ1n) is 4.55. The molecule has 1 atom stereocenters. The summed E-state index contributed by atoms with van der Waals surface area (Å²) in [4.78, 5) is 10.8. The largest absolute Gasteiger partial charge is 0.479 e. The minimum Gasteiger partial charge on any atom is -0.479 e. The van der Waals surface area contributed by atoms with Gasteiger partial charge in [0.2, 0.25) is 0 Å². The lowest BCUT2D eigenvalue weighted by atomic mass is 10.1. The van der Waals surface area contributed by atoms with Crippen LogP contribution in [0.25, 0.3) is 0 Å². The summed E-state index contributed by atoms with van der Waals surface area (Å²) in [5, 5.41) is 9.40. The maximum atomic E-state index is 10.8. The highest BCUT2D eigenvalue weighted by molar-refractivity contribution is 6.31. The molecule has 0 heterocycles. The van der Waals surface area contributed by atoms with E-state index in [1.807, 2.05) is 19.1 Å². The molecular weight excluding hydrogens is 216 g/mol. The van der Waals surface area contributed by atoms with Crippen molar-refractivity contribution in [3.63, 3.8) is 0 Å². The van der Waals surface area contributed by atoms with E-state index in [1.165, 1.54) is 7.11 Å². The molecule has 0 saturated heterocycles. The van der Waals surface area contributed by atoms with Crippen LogP contribution in [0.2, 0.25) is 5.02 Å². The molecule has 0 aliphatic rings. The fourth-order valence-corrected chi connectivity index (χ4v) is 1.53. The summed E-state index contributed by atoms with van der Waals surface area (Å²) in [5.74, 6) is -0.977. The number of methoxy groups -OCH3 is 1. The fraction of sp³-hybridized carbons (Fsp3) is 0.364. The maximum absolute atomic E-state index is 10.8. The molecule has 3 nitrogen and oxygen atoms in total. The van der Waals surface area contributed by atoms with Gasteiger partial charge in [-0.25, -0.2) is 4.79 Å². The molecule has 0 saturated carbocycles. The number of carboxylic acid groups (broad SMARTS) is 1. The summed E-state index contributed by atoms with van der Waals surface area (Å²) in [6, 6.07) is 5.52. The van der Waals surface area contributed by atoms with Crippen LogP contribution in [0.5, 0.6) is 0 Å². The number of benzene rings is 1. The number of hydrogen-bond donors (Lipinski definition) is 1. The molecule has 1 N–H and O–H groups in total. The van der Waals surface area contributed by atoms with Gasteiger partial charge in [0.15, 0.2) is 6.10 Å². The number of aliphatic carboxylic acids is 1. The van der Waals surface area contributed by atoms with Crippen LogP contribution in [-0.2, 0) is 16.0 Å². The van der Waals surface area contributed by atoms with E-state index < -0.39 is 12.1 Å². The molecule has 0 aliphatic heterocycles. The highest BCUT2D eigenvalue weighted by atomic mass is 35.5. The standard InChI is InChI=1S/C11H13ClO3/c1-7-3-4-9(12)8(5-7)6-10(15-2)11(13)14/h3-5,10H,6H2,1-2H3,(H,13,14). The van der Waals surface area contributed by atoms with Crippen LogP contribution < -0.4 is 0 Å². The van der Waals surface area contributed by atoms with Crippen LogP contribution in [0.1, 0.15) is 11.1 Å². The van der Waals surface area contributed by atoms with Gasteiger partial charge in [0, 0.05) is 18.6 Å². The van der Waals surface area contributed by atoms with E-state index in [0.717, 1.165) is 11.1 Å². The van der Waals surface area contributed by atoms with Gasteiger partial charge in [-0.1, -0.05) is 29.3 Å². The lowest BCUT2D eigenvalue weighted by Crippen LogP contribution is -2.24. The smallest absolute Gasteiger partial charge is 0.333 e. The molecule has 1 rings (SSSR count). The number of rotatable bonds is 4. The molecular formula is C11H13ClO3. The van der Waals surface area contributed by atoms with Crippen molar-refractivity contribution >= 4 is 17.6 Å². The van der Waals surface area contributed by atoms with E-state index in [0.29, 0.717) is 5.02 Å². The molecule has 82 valence electrons. The third kappa shape index (κ3) is 3.22. The Bertz CT molecular complexity index is 363. The third-order valence-electron chi connectivity index (χ3n) is 2.17. The van der Waals surface area contributed by atoms with Crippen LogP contribution in [0, 0.1) is 6.92 Å². The van der Waals surface area contributed by atoms with Crippen LogP contribution >= 0.6 is 11.6 Å². The van der Waals surface area contributed by atoms with Crippen molar-refractivity contribution in [1.82, 2.24) is 0 Å². The normalized spacial score (nSPS) is 12.5. The SMILES string of the molecule is COC(Cc1cc(C)ccc1Cl)C(=O)O. The van der Waals surface area contributed by atoms with Gasteiger partial charge in [0.05, 0.1) is 0 Å². The Morgan fingerprint density at radius 3 is 2.80 bits per heavy atom. The van der Waals surface area contributed by atoms with Crippen molar-refractivity contribution < 1.29 is 14.6 Å². The first-order valence-corrected chi connectivity index (χ1v) is 4.93. The number of ether oxygens (including phenoxy) is 1. The van der Waals surface area contributed by atoms with Gasteiger partial charge < -0.3 is 9.84 Å². The molecule has 0 aromatic heterocycles.